The number of ether oxygens (including phenoxy) is 1. The van der Waals surface area contributed by atoms with E-state index in [4.69, 9.17) is 9.72 Å². The molecule has 2 heterocycles. The minimum absolute atomic E-state index is 0.0369. The predicted molar refractivity (Wildman–Crippen MR) is 121 cm³/mol. The van der Waals surface area contributed by atoms with Gasteiger partial charge in [0.25, 0.3) is 0 Å². The van der Waals surface area contributed by atoms with Crippen molar-refractivity contribution >= 4 is 0 Å². The average molecular weight is 462 g/mol. The summed E-state index contributed by atoms with van der Waals surface area (Å²) in [5.74, 6) is -1.30. The molecule has 3 aliphatic carbocycles. The van der Waals surface area contributed by atoms with Gasteiger partial charge in [0.2, 0.25) is 0 Å². The van der Waals surface area contributed by atoms with Gasteiger partial charge in [-0.3, -0.25) is 4.98 Å². The number of allylic oxidation sites excluding steroid dienone is 2. The Morgan fingerprint density at radius 2 is 1.85 bits per heavy atom. The van der Waals surface area contributed by atoms with Gasteiger partial charge >= 0.3 is 6.18 Å². The second-order valence-electron chi connectivity index (χ2n) is 11.5. The van der Waals surface area contributed by atoms with E-state index in [9.17, 15) is 18.3 Å². The number of nitrogens with zero attached hydrogens (tertiary/aromatic N) is 1. The largest absolute Gasteiger partial charge is 0.395 e. The molecular weight excluding hydrogens is 427 g/mol. The average Bonchev–Trinajstić information content (AvgIpc) is 3.31. The number of halogens is 3. The summed E-state index contributed by atoms with van der Waals surface area (Å²) < 4.78 is 46.6. The quantitative estimate of drug-likeness (QED) is 0.510. The predicted octanol–water partition coefficient (Wildman–Crippen LogP) is 7.12. The lowest BCUT2D eigenvalue weighted by Crippen LogP contribution is -2.32. The number of hydrogen-bond donors (Lipinski definition) is 1. The van der Waals surface area contributed by atoms with Gasteiger partial charge in [-0.2, -0.15) is 13.2 Å². The van der Waals surface area contributed by atoms with Gasteiger partial charge < -0.3 is 9.84 Å². The van der Waals surface area contributed by atoms with Crippen molar-refractivity contribution in [2.75, 3.05) is 0 Å². The first-order valence-corrected chi connectivity index (χ1v) is 12.3. The number of aliphatic hydroxyl groups excluding tert-OH is 1. The third-order valence-electron chi connectivity index (χ3n) is 7.98. The highest BCUT2D eigenvalue weighted by Gasteiger charge is 2.53. The van der Waals surface area contributed by atoms with E-state index in [1.165, 1.54) is 6.08 Å². The number of alkyl halides is 3. The van der Waals surface area contributed by atoms with Gasteiger partial charge in [0.05, 0.1) is 17.6 Å². The van der Waals surface area contributed by atoms with Crippen LogP contribution in [0.25, 0.3) is 0 Å². The molecule has 0 radical (unpaired) electrons. The van der Waals surface area contributed by atoms with Gasteiger partial charge in [-0.15, -0.1) is 0 Å². The molecule has 180 valence electrons. The van der Waals surface area contributed by atoms with E-state index < -0.39 is 29.9 Å². The molecule has 5 rings (SSSR count). The highest BCUT2D eigenvalue weighted by molar-refractivity contribution is 5.55. The van der Waals surface area contributed by atoms with Crippen molar-refractivity contribution in [3.05, 3.63) is 51.9 Å². The van der Waals surface area contributed by atoms with Gasteiger partial charge in [0.1, 0.15) is 6.10 Å². The Morgan fingerprint density at radius 3 is 2.42 bits per heavy atom. The molecule has 0 bridgehead atoms. The summed E-state index contributed by atoms with van der Waals surface area (Å²) >= 11 is 0. The molecule has 0 amide bonds. The van der Waals surface area contributed by atoms with E-state index >= 15 is 0 Å². The van der Waals surface area contributed by atoms with E-state index in [0.717, 1.165) is 65.8 Å². The van der Waals surface area contributed by atoms with Crippen molar-refractivity contribution in [3.8, 4) is 0 Å². The van der Waals surface area contributed by atoms with Crippen molar-refractivity contribution in [1.29, 1.82) is 0 Å². The molecule has 3 unspecified atom stereocenters. The van der Waals surface area contributed by atoms with Crippen molar-refractivity contribution in [1.82, 2.24) is 4.98 Å². The number of pyridine rings is 1. The zero-order valence-corrected chi connectivity index (χ0v) is 19.9. The zero-order chi connectivity index (χ0) is 23.8. The van der Waals surface area contributed by atoms with Crippen LogP contribution in [0.5, 0.6) is 0 Å². The molecule has 1 fully saturated rings. The Kier molecular flexibility index (Phi) is 5.37. The molecule has 3 nitrogen and oxygen atoms in total. The first-order valence-electron chi connectivity index (χ1n) is 12.3. The summed E-state index contributed by atoms with van der Waals surface area (Å²) in [6, 6.07) is 0. The number of fused-ring (bicyclic) bond motifs is 4. The molecule has 3 atom stereocenters. The Hall–Kier alpha value is -1.66. The zero-order valence-electron chi connectivity index (χ0n) is 19.9. The van der Waals surface area contributed by atoms with Crippen molar-refractivity contribution in [3.63, 3.8) is 0 Å². The molecule has 1 saturated carbocycles. The smallest absolute Gasteiger partial charge is 0.388 e. The third-order valence-corrected chi connectivity index (χ3v) is 7.98. The summed E-state index contributed by atoms with van der Waals surface area (Å²) in [4.78, 5) is 5.11. The summed E-state index contributed by atoms with van der Waals surface area (Å²) in [7, 11) is 0. The minimum atomic E-state index is -4.24. The molecule has 1 aromatic rings. The normalized spacial score (nSPS) is 30.0. The van der Waals surface area contributed by atoms with Crippen LogP contribution in [0.1, 0.15) is 112 Å². The van der Waals surface area contributed by atoms with Crippen LogP contribution in [0.3, 0.4) is 0 Å². The number of aromatic nitrogens is 1. The Labute approximate surface area is 194 Å². The highest BCUT2D eigenvalue weighted by Crippen LogP contribution is 2.60. The number of rotatable bonds is 2. The summed E-state index contributed by atoms with van der Waals surface area (Å²) in [5, 5.41) is 11.3. The van der Waals surface area contributed by atoms with E-state index in [2.05, 4.69) is 27.7 Å². The van der Waals surface area contributed by atoms with Crippen molar-refractivity contribution in [2.24, 2.45) is 11.3 Å². The fraction of sp³-hybridized carbons (Fsp3) is 0.667. The maximum Gasteiger partial charge on any atom is 0.395 e. The molecule has 0 saturated heterocycles. The fourth-order valence-electron chi connectivity index (χ4n) is 6.49. The molecule has 4 aliphatic rings. The van der Waals surface area contributed by atoms with Crippen LogP contribution in [0.2, 0.25) is 0 Å². The summed E-state index contributed by atoms with van der Waals surface area (Å²) in [5.41, 5.74) is 5.26. The van der Waals surface area contributed by atoms with Gasteiger partial charge in [0, 0.05) is 22.5 Å². The lowest BCUT2D eigenvalue weighted by atomic mass is 9.70. The van der Waals surface area contributed by atoms with E-state index in [0.29, 0.717) is 6.42 Å². The summed E-state index contributed by atoms with van der Waals surface area (Å²) in [6.45, 7) is 8.56. The standard InChI is InChI=1S/C27H34F3NO2/c1-15(2)23-21-22(20-18(31-23)13-25(3,4)14-19(20)32)26(11-5-6-12-26)33-24(21)16-7-9-17(10-8-16)27(28,29)30/h7-9,15,17,19,24,32H,5-6,10-14H2,1-4H3. The third kappa shape index (κ3) is 3.78. The van der Waals surface area contributed by atoms with E-state index in [1.807, 2.05) is 0 Å². The molecule has 1 N–H and O–H groups in total. The molecule has 33 heavy (non-hydrogen) atoms. The van der Waals surface area contributed by atoms with Gasteiger partial charge in [0.15, 0.2) is 0 Å². The molecular formula is C27H34F3NO2. The first kappa shape index (κ1) is 23.1. The van der Waals surface area contributed by atoms with Crippen LogP contribution in [0, 0.1) is 11.3 Å². The van der Waals surface area contributed by atoms with Gasteiger partial charge in [-0.05, 0) is 54.6 Å². The highest BCUT2D eigenvalue weighted by atomic mass is 19.4. The van der Waals surface area contributed by atoms with Crippen LogP contribution in [-0.4, -0.2) is 16.3 Å². The van der Waals surface area contributed by atoms with Crippen LogP contribution in [-0.2, 0) is 16.8 Å². The van der Waals surface area contributed by atoms with Gasteiger partial charge in [-0.25, -0.2) is 0 Å². The molecule has 0 aromatic carbocycles. The minimum Gasteiger partial charge on any atom is -0.388 e. The molecule has 1 spiro atoms. The summed E-state index contributed by atoms with van der Waals surface area (Å²) in [6.07, 6.45) is 4.58. The SMILES string of the molecule is CC(C)c1nc2c(c3c1C(C1=CCC(C(F)(F)F)C=C1)OC31CCCC1)C(O)CC(C)(C)C2. The fourth-order valence-corrected chi connectivity index (χ4v) is 6.49. The van der Waals surface area contributed by atoms with E-state index in [1.54, 1.807) is 12.2 Å². The monoisotopic (exact) mass is 461 g/mol. The number of hydrogen-bond acceptors (Lipinski definition) is 3. The first-order chi connectivity index (χ1) is 15.4. The Bertz CT molecular complexity index is 1020. The van der Waals surface area contributed by atoms with Gasteiger partial charge in [-0.1, -0.05) is 58.8 Å². The van der Waals surface area contributed by atoms with Crippen molar-refractivity contribution in [2.45, 2.75) is 103 Å². The Morgan fingerprint density at radius 1 is 1.15 bits per heavy atom. The van der Waals surface area contributed by atoms with Crippen LogP contribution in [0.15, 0.2) is 23.8 Å². The molecule has 1 aromatic heterocycles. The second-order valence-corrected chi connectivity index (χ2v) is 11.5. The second kappa shape index (κ2) is 7.67. The van der Waals surface area contributed by atoms with Crippen LogP contribution >= 0.6 is 0 Å². The lowest BCUT2D eigenvalue weighted by molar-refractivity contribution is -0.160. The topological polar surface area (TPSA) is 42.4 Å². The molecule has 1 aliphatic heterocycles. The maximum absolute atomic E-state index is 13.2. The Balaban J connectivity index is 1.68. The van der Waals surface area contributed by atoms with Crippen LogP contribution < -0.4 is 0 Å². The molecule has 6 heteroatoms. The maximum atomic E-state index is 13.2. The van der Waals surface area contributed by atoms with Crippen LogP contribution in [0.4, 0.5) is 13.2 Å². The van der Waals surface area contributed by atoms with E-state index in [-0.39, 0.29) is 17.8 Å². The van der Waals surface area contributed by atoms with Crippen molar-refractivity contribution < 1.29 is 23.0 Å². The number of aliphatic hydroxyl groups is 1. The lowest BCUT2D eigenvalue weighted by Gasteiger charge is -2.38.